The zero-order valence-corrected chi connectivity index (χ0v) is 17.3. The summed E-state index contributed by atoms with van der Waals surface area (Å²) in [4.78, 5) is 25.0. The molecule has 1 aliphatic rings. The molecule has 0 bridgehead atoms. The molecule has 3 aromatic rings. The van der Waals surface area contributed by atoms with Gasteiger partial charge in [-0.2, -0.15) is 13.2 Å². The van der Waals surface area contributed by atoms with Crippen LogP contribution < -0.4 is 4.74 Å². The highest BCUT2D eigenvalue weighted by Crippen LogP contribution is 2.32. The first kappa shape index (κ1) is 21.7. The molecule has 2 aromatic heterocycles. The van der Waals surface area contributed by atoms with E-state index in [0.29, 0.717) is 25.1 Å². The van der Waals surface area contributed by atoms with Crippen LogP contribution in [0.25, 0.3) is 15.7 Å². The van der Waals surface area contributed by atoms with Crippen LogP contribution in [0, 0.1) is 12.5 Å². The van der Waals surface area contributed by atoms with Crippen molar-refractivity contribution in [2.75, 3.05) is 6.54 Å². The molecule has 0 aliphatic carbocycles. The van der Waals surface area contributed by atoms with Gasteiger partial charge in [0, 0.05) is 48.2 Å². The predicted octanol–water partition coefficient (Wildman–Crippen LogP) is 5.42. The van der Waals surface area contributed by atoms with E-state index in [1.54, 1.807) is 23.1 Å². The van der Waals surface area contributed by atoms with Crippen molar-refractivity contribution in [1.82, 2.24) is 14.9 Å². The van der Waals surface area contributed by atoms with E-state index in [0.717, 1.165) is 35.2 Å². The Morgan fingerprint density at radius 1 is 1.38 bits per heavy atom. The minimum Gasteiger partial charge on any atom is -0.439 e. The number of hydrogen-bond donors (Lipinski definition) is 1. The Kier molecular flexibility index (Phi) is 5.78. The second-order valence-electron chi connectivity index (χ2n) is 7.89. The number of nitrogens with zero attached hydrogens (tertiary/aromatic N) is 3. The molecular weight excluding hydrogens is 421 g/mol. The topological polar surface area (TPSA) is 62.6 Å². The number of ether oxygens (including phenoxy) is 1. The van der Waals surface area contributed by atoms with Gasteiger partial charge in [-0.3, -0.25) is 14.5 Å². The number of pyridine rings is 1. The van der Waals surface area contributed by atoms with Crippen LogP contribution in [0.5, 0.6) is 11.6 Å². The number of rotatable bonds is 5. The average molecular weight is 442 g/mol. The van der Waals surface area contributed by atoms with Gasteiger partial charge in [0.05, 0.1) is 5.56 Å². The minimum absolute atomic E-state index is 0.0285. The maximum absolute atomic E-state index is 12.8. The van der Waals surface area contributed by atoms with Gasteiger partial charge in [-0.05, 0) is 42.7 Å². The summed E-state index contributed by atoms with van der Waals surface area (Å²) in [6.45, 7) is 9.75. The highest BCUT2D eigenvalue weighted by Gasteiger charge is 2.35. The van der Waals surface area contributed by atoms with Gasteiger partial charge in [0.2, 0.25) is 11.8 Å². The molecule has 1 saturated heterocycles. The summed E-state index contributed by atoms with van der Waals surface area (Å²) in [5.74, 6) is 0.158. The van der Waals surface area contributed by atoms with Crippen LogP contribution in [0.4, 0.5) is 13.2 Å². The number of hydrogen-bond acceptors (Lipinski definition) is 3. The van der Waals surface area contributed by atoms with Crippen molar-refractivity contribution in [2.45, 2.75) is 38.5 Å². The Morgan fingerprint density at radius 2 is 2.19 bits per heavy atom. The van der Waals surface area contributed by atoms with Crippen molar-refractivity contribution in [2.24, 2.45) is 5.92 Å². The summed E-state index contributed by atoms with van der Waals surface area (Å²) >= 11 is 0. The zero-order valence-electron chi connectivity index (χ0n) is 17.3. The van der Waals surface area contributed by atoms with Gasteiger partial charge in [0.15, 0.2) is 0 Å². The van der Waals surface area contributed by atoms with Crippen LogP contribution in [-0.2, 0) is 17.4 Å². The van der Waals surface area contributed by atoms with E-state index < -0.39 is 11.7 Å². The third kappa shape index (κ3) is 4.40. The molecule has 6 nitrogen and oxygen atoms in total. The number of carbonyl (C=O) groups excluding carboxylic acids is 1. The number of halogens is 3. The summed E-state index contributed by atoms with van der Waals surface area (Å²) in [7, 11) is 0. The fourth-order valence-corrected chi connectivity index (χ4v) is 3.96. The third-order valence-corrected chi connectivity index (χ3v) is 5.63. The first-order chi connectivity index (χ1) is 15.3. The monoisotopic (exact) mass is 442 g/mol. The van der Waals surface area contributed by atoms with E-state index >= 15 is 0 Å². The fraction of sp³-hybridized carbons (Fsp3) is 0.348. The molecule has 9 heteroatoms. The number of fused-ring (bicyclic) bond motifs is 1. The van der Waals surface area contributed by atoms with Crippen molar-refractivity contribution >= 4 is 16.8 Å². The highest BCUT2D eigenvalue weighted by molar-refractivity contribution is 5.86. The molecule has 0 radical (unpaired) electrons. The molecule has 166 valence electrons. The lowest BCUT2D eigenvalue weighted by molar-refractivity contribution is -0.138. The van der Waals surface area contributed by atoms with Gasteiger partial charge in [0.25, 0.3) is 0 Å². The molecule has 0 spiro atoms. The smallest absolute Gasteiger partial charge is 0.417 e. The number of aromatic amines is 1. The molecule has 1 fully saturated rings. The second-order valence-corrected chi connectivity index (χ2v) is 7.89. The third-order valence-electron chi connectivity index (χ3n) is 5.63. The van der Waals surface area contributed by atoms with Crippen LogP contribution in [0.2, 0.25) is 0 Å². The summed E-state index contributed by atoms with van der Waals surface area (Å²) in [5.41, 5.74) is 0.933. The fourth-order valence-electron chi connectivity index (χ4n) is 3.96. The maximum Gasteiger partial charge on any atom is 0.417 e. The van der Waals surface area contributed by atoms with Gasteiger partial charge in [0.1, 0.15) is 5.75 Å². The highest BCUT2D eigenvalue weighted by atomic mass is 19.4. The predicted molar refractivity (Wildman–Crippen MR) is 112 cm³/mol. The number of benzene rings is 1. The molecular formula is C23H21F3N4O2. The Labute approximate surface area is 182 Å². The standard InChI is InChI=1S/C23H21F3N4O2/c1-14(22(31)30-9-3-4-20(30)27-2)10-15-12-28-19-7-6-17(11-18(15)19)32-21-8-5-16(13-29-21)23(24,25)26/h5-8,11-14,20,28H,3-4,9-10H2,1H3/t14-,20+/m0/s1. The van der Waals surface area contributed by atoms with Crippen LogP contribution >= 0.6 is 0 Å². The zero-order chi connectivity index (χ0) is 22.9. The number of likely N-dealkylation sites (tertiary alicyclic amines) is 1. The van der Waals surface area contributed by atoms with Crippen molar-refractivity contribution in [3.63, 3.8) is 0 Å². The number of aromatic nitrogens is 2. The molecule has 2 atom stereocenters. The number of amides is 1. The lowest BCUT2D eigenvalue weighted by Gasteiger charge is -2.20. The van der Waals surface area contributed by atoms with Crippen LogP contribution in [-0.4, -0.2) is 33.5 Å². The van der Waals surface area contributed by atoms with Gasteiger partial charge in [-0.25, -0.2) is 11.6 Å². The molecule has 1 aromatic carbocycles. The Morgan fingerprint density at radius 3 is 2.88 bits per heavy atom. The molecule has 1 N–H and O–H groups in total. The molecule has 0 saturated carbocycles. The van der Waals surface area contributed by atoms with E-state index in [1.165, 1.54) is 6.07 Å². The first-order valence-electron chi connectivity index (χ1n) is 10.2. The van der Waals surface area contributed by atoms with E-state index in [1.807, 2.05) is 13.1 Å². The number of carbonyl (C=O) groups is 1. The Balaban J connectivity index is 1.50. The minimum atomic E-state index is -4.46. The SMILES string of the molecule is [C-]#[N+][C@H]1CCCN1C(=O)[C@@H](C)Cc1c[nH]c2ccc(Oc3ccc(C(F)(F)F)cn3)cc12. The van der Waals surface area contributed by atoms with Crippen molar-refractivity contribution < 1.29 is 22.7 Å². The van der Waals surface area contributed by atoms with Crippen molar-refractivity contribution in [3.8, 4) is 11.6 Å². The molecule has 1 aliphatic heterocycles. The average Bonchev–Trinajstić information content (AvgIpc) is 3.40. The normalized spacial score (nSPS) is 17.3. The summed E-state index contributed by atoms with van der Waals surface area (Å²) < 4.78 is 43.8. The van der Waals surface area contributed by atoms with Crippen LogP contribution in [0.15, 0.2) is 42.7 Å². The summed E-state index contributed by atoms with van der Waals surface area (Å²) in [6.07, 6.45) is -0.206. The lowest BCUT2D eigenvalue weighted by Crippen LogP contribution is -2.38. The molecule has 1 amide bonds. The largest absolute Gasteiger partial charge is 0.439 e. The van der Waals surface area contributed by atoms with Crippen LogP contribution in [0.3, 0.4) is 0 Å². The van der Waals surface area contributed by atoms with Gasteiger partial charge >= 0.3 is 12.3 Å². The van der Waals surface area contributed by atoms with Crippen molar-refractivity contribution in [1.29, 1.82) is 0 Å². The van der Waals surface area contributed by atoms with Gasteiger partial charge < -0.3 is 9.72 Å². The van der Waals surface area contributed by atoms with E-state index in [2.05, 4.69) is 14.8 Å². The lowest BCUT2D eigenvalue weighted by atomic mass is 9.99. The Bertz CT molecular complexity index is 1160. The Hall–Kier alpha value is -3.54. The molecule has 3 heterocycles. The number of alkyl halides is 3. The summed E-state index contributed by atoms with van der Waals surface area (Å²) in [5, 5.41) is 0.859. The van der Waals surface area contributed by atoms with Crippen LogP contribution in [0.1, 0.15) is 30.9 Å². The molecule has 4 rings (SSSR count). The molecule has 0 unspecified atom stereocenters. The van der Waals surface area contributed by atoms with Gasteiger partial charge in [-0.1, -0.05) is 6.92 Å². The first-order valence-corrected chi connectivity index (χ1v) is 10.2. The maximum atomic E-state index is 12.8. The molecule has 32 heavy (non-hydrogen) atoms. The number of H-pyrrole nitrogens is 1. The summed E-state index contributed by atoms with van der Waals surface area (Å²) in [6, 6.07) is 7.37. The second kappa shape index (κ2) is 8.54. The van der Waals surface area contributed by atoms with E-state index in [9.17, 15) is 18.0 Å². The number of nitrogens with one attached hydrogen (secondary N) is 1. The quantitative estimate of drug-likeness (QED) is 0.537. The van der Waals surface area contributed by atoms with Crippen molar-refractivity contribution in [3.05, 3.63) is 65.3 Å². The van der Waals surface area contributed by atoms with Gasteiger partial charge in [-0.15, -0.1) is 0 Å². The van der Waals surface area contributed by atoms with E-state index in [-0.39, 0.29) is 23.9 Å². The van der Waals surface area contributed by atoms with E-state index in [4.69, 9.17) is 11.3 Å².